The number of hydrogen-bond donors (Lipinski definition) is 2. The predicted molar refractivity (Wildman–Crippen MR) is 87.6 cm³/mol. The second kappa shape index (κ2) is 6.62. The van der Waals surface area contributed by atoms with Crippen LogP contribution in [-0.2, 0) is 4.74 Å². The fraction of sp³-hybridized carbons (Fsp3) is 0.412. The van der Waals surface area contributed by atoms with Crippen molar-refractivity contribution in [2.75, 3.05) is 6.61 Å². The van der Waals surface area contributed by atoms with E-state index >= 15 is 0 Å². The quantitative estimate of drug-likeness (QED) is 0.844. The number of nitrogens with zero attached hydrogens (tertiary/aromatic N) is 3. The van der Waals surface area contributed by atoms with Crippen molar-refractivity contribution in [2.24, 2.45) is 0 Å². The Kier molecular flexibility index (Phi) is 4.56. The minimum absolute atomic E-state index is 0.200. The number of hydrogen-bond acceptors (Lipinski definition) is 5. The summed E-state index contributed by atoms with van der Waals surface area (Å²) in [5, 5.41) is 19.1. The topological polar surface area (TPSA) is 80.4 Å². The van der Waals surface area contributed by atoms with E-state index in [2.05, 4.69) is 9.97 Å². The molecule has 0 bridgehead atoms. The van der Waals surface area contributed by atoms with Crippen LogP contribution >= 0.6 is 0 Å². The lowest BCUT2D eigenvalue weighted by Gasteiger charge is -2.13. The van der Waals surface area contributed by atoms with Gasteiger partial charge in [0.05, 0.1) is 19.0 Å². The summed E-state index contributed by atoms with van der Waals surface area (Å²) < 4.78 is 7.52. The van der Waals surface area contributed by atoms with Crippen LogP contribution in [0.4, 0.5) is 0 Å². The Morgan fingerprint density at radius 3 is 3.00 bits per heavy atom. The van der Waals surface area contributed by atoms with E-state index < -0.39 is 12.2 Å². The molecule has 0 aromatic carbocycles. The van der Waals surface area contributed by atoms with Gasteiger partial charge in [-0.15, -0.1) is 0 Å². The number of fused-ring (bicyclic) bond motifs is 1. The number of aromatic nitrogens is 3. The molecule has 3 atom stereocenters. The van der Waals surface area contributed by atoms with E-state index in [1.807, 2.05) is 42.7 Å². The van der Waals surface area contributed by atoms with Crippen LogP contribution in [0.2, 0.25) is 0 Å². The number of pyridine rings is 1. The highest BCUT2D eigenvalue weighted by Crippen LogP contribution is 2.32. The molecule has 0 aliphatic carbocycles. The van der Waals surface area contributed by atoms with Gasteiger partial charge >= 0.3 is 0 Å². The molecule has 2 aromatic heterocycles. The van der Waals surface area contributed by atoms with Gasteiger partial charge in [0.1, 0.15) is 17.8 Å². The summed E-state index contributed by atoms with van der Waals surface area (Å²) in [6, 6.07) is 1.94. The van der Waals surface area contributed by atoms with Crippen molar-refractivity contribution in [3.63, 3.8) is 0 Å². The van der Waals surface area contributed by atoms with E-state index in [1.165, 1.54) is 0 Å². The molecule has 23 heavy (non-hydrogen) atoms. The number of rotatable bonds is 4. The molecule has 3 heterocycles. The van der Waals surface area contributed by atoms with E-state index in [0.717, 1.165) is 16.7 Å². The van der Waals surface area contributed by atoms with Crippen molar-refractivity contribution in [1.82, 2.24) is 14.5 Å². The number of allylic oxidation sites excluding steroid dienone is 4. The van der Waals surface area contributed by atoms with Gasteiger partial charge < -0.3 is 14.9 Å². The van der Waals surface area contributed by atoms with Crippen LogP contribution in [-0.4, -0.2) is 43.6 Å². The molecule has 122 valence electrons. The molecule has 1 aliphatic heterocycles. The number of ether oxygens (including phenoxy) is 1. The largest absolute Gasteiger partial charge is 0.394 e. The molecule has 2 N–H and O–H groups in total. The average molecular weight is 315 g/mol. The lowest BCUT2D eigenvalue weighted by atomic mass is 10.1. The Hall–Kier alpha value is -2.02. The van der Waals surface area contributed by atoms with Crippen molar-refractivity contribution < 1.29 is 14.9 Å². The van der Waals surface area contributed by atoms with Crippen molar-refractivity contribution in [2.45, 2.75) is 38.7 Å². The van der Waals surface area contributed by atoms with E-state index in [0.29, 0.717) is 12.1 Å². The van der Waals surface area contributed by atoms with Gasteiger partial charge in [0.15, 0.2) is 5.65 Å². The van der Waals surface area contributed by atoms with Gasteiger partial charge in [-0.25, -0.2) is 9.97 Å². The van der Waals surface area contributed by atoms with Crippen molar-refractivity contribution in [1.29, 1.82) is 0 Å². The van der Waals surface area contributed by atoms with Gasteiger partial charge in [0, 0.05) is 18.2 Å². The molecule has 1 fully saturated rings. The fourth-order valence-corrected chi connectivity index (χ4v) is 2.84. The Morgan fingerprint density at radius 2 is 2.30 bits per heavy atom. The summed E-state index contributed by atoms with van der Waals surface area (Å²) >= 11 is 0. The Labute approximate surface area is 134 Å². The highest BCUT2D eigenvalue weighted by Gasteiger charge is 2.35. The zero-order valence-corrected chi connectivity index (χ0v) is 13.3. The molecule has 0 spiro atoms. The Bertz CT molecular complexity index is 751. The highest BCUT2D eigenvalue weighted by molar-refractivity contribution is 5.86. The summed E-state index contributed by atoms with van der Waals surface area (Å²) in [6.07, 6.45) is 8.23. The third kappa shape index (κ3) is 2.93. The van der Waals surface area contributed by atoms with Crippen LogP contribution in [0.15, 0.2) is 36.8 Å². The smallest absolute Gasteiger partial charge is 0.162 e. The summed E-state index contributed by atoms with van der Waals surface area (Å²) in [6.45, 7) is 3.81. The SMILES string of the molecule is C/C=C\C=C(/C)c1ccnc2c1ncn2C1CC(O)[C@@H](CO)O1. The Morgan fingerprint density at radius 1 is 1.48 bits per heavy atom. The van der Waals surface area contributed by atoms with Gasteiger partial charge in [-0.2, -0.15) is 0 Å². The lowest BCUT2D eigenvalue weighted by Crippen LogP contribution is -2.24. The zero-order chi connectivity index (χ0) is 16.4. The fourth-order valence-electron chi connectivity index (χ4n) is 2.84. The third-order valence-electron chi connectivity index (χ3n) is 4.12. The van der Waals surface area contributed by atoms with Gasteiger partial charge in [-0.05, 0) is 25.5 Å². The normalized spacial score (nSPS) is 25.7. The molecule has 1 aliphatic rings. The van der Waals surface area contributed by atoms with Gasteiger partial charge in [-0.3, -0.25) is 4.57 Å². The predicted octanol–water partition coefficient (Wildman–Crippen LogP) is 2.05. The maximum Gasteiger partial charge on any atom is 0.162 e. The van der Waals surface area contributed by atoms with Crippen LogP contribution in [0.1, 0.15) is 32.1 Å². The third-order valence-corrected chi connectivity index (χ3v) is 4.12. The van der Waals surface area contributed by atoms with Crippen LogP contribution < -0.4 is 0 Å². The Balaban J connectivity index is 1.99. The first-order valence-corrected chi connectivity index (χ1v) is 7.71. The first-order chi connectivity index (χ1) is 11.2. The lowest BCUT2D eigenvalue weighted by molar-refractivity contribution is -0.0432. The molecule has 6 heteroatoms. The average Bonchev–Trinajstić information content (AvgIpc) is 3.15. The van der Waals surface area contributed by atoms with Crippen molar-refractivity contribution >= 4 is 16.7 Å². The summed E-state index contributed by atoms with van der Waals surface area (Å²) in [4.78, 5) is 8.90. The number of aliphatic hydroxyl groups excluding tert-OH is 2. The molecular weight excluding hydrogens is 294 g/mol. The van der Waals surface area contributed by atoms with E-state index in [-0.39, 0.29) is 12.8 Å². The molecule has 0 radical (unpaired) electrons. The molecule has 6 nitrogen and oxygen atoms in total. The van der Waals surface area contributed by atoms with Gasteiger partial charge in [-0.1, -0.05) is 18.2 Å². The first-order valence-electron chi connectivity index (χ1n) is 7.71. The molecule has 3 rings (SSSR count). The minimum atomic E-state index is -0.679. The highest BCUT2D eigenvalue weighted by atomic mass is 16.5. The minimum Gasteiger partial charge on any atom is -0.394 e. The van der Waals surface area contributed by atoms with Crippen molar-refractivity contribution in [3.05, 3.63) is 42.4 Å². The van der Waals surface area contributed by atoms with Crippen LogP contribution in [0, 0.1) is 0 Å². The molecule has 2 unspecified atom stereocenters. The van der Waals surface area contributed by atoms with Gasteiger partial charge in [0.2, 0.25) is 0 Å². The number of aliphatic hydroxyl groups is 2. The van der Waals surface area contributed by atoms with Gasteiger partial charge in [0.25, 0.3) is 0 Å². The standard InChI is InChI=1S/C17H21N3O3/c1-3-4-5-11(2)12-6-7-18-17-16(12)19-10-20(17)15-8-13(22)14(9-21)23-15/h3-7,10,13-15,21-22H,8-9H2,1-2H3/b4-3-,11-5+/t13?,14-,15?/m1/s1. The summed E-state index contributed by atoms with van der Waals surface area (Å²) in [5.74, 6) is 0. The number of imidazole rings is 1. The first kappa shape index (κ1) is 15.9. The maximum atomic E-state index is 9.91. The van der Waals surface area contributed by atoms with Crippen LogP contribution in [0.3, 0.4) is 0 Å². The van der Waals surface area contributed by atoms with Crippen LogP contribution in [0.25, 0.3) is 16.7 Å². The summed E-state index contributed by atoms with van der Waals surface area (Å²) in [7, 11) is 0. The maximum absolute atomic E-state index is 9.91. The van der Waals surface area contributed by atoms with E-state index in [1.54, 1.807) is 12.5 Å². The monoisotopic (exact) mass is 315 g/mol. The van der Waals surface area contributed by atoms with Crippen molar-refractivity contribution in [3.8, 4) is 0 Å². The molecular formula is C17H21N3O3. The molecule has 1 saturated heterocycles. The molecule has 0 saturated carbocycles. The van der Waals surface area contributed by atoms with E-state index in [9.17, 15) is 10.2 Å². The second-order valence-corrected chi connectivity index (χ2v) is 5.67. The molecule has 2 aromatic rings. The van der Waals surface area contributed by atoms with Crippen LogP contribution in [0.5, 0.6) is 0 Å². The zero-order valence-electron chi connectivity index (χ0n) is 13.3. The second-order valence-electron chi connectivity index (χ2n) is 5.67. The van der Waals surface area contributed by atoms with E-state index in [4.69, 9.17) is 4.74 Å². The molecule has 0 amide bonds. The summed E-state index contributed by atoms with van der Waals surface area (Å²) in [5.41, 5.74) is 3.63.